The first-order chi connectivity index (χ1) is 8.94. The molecular formula is C13H14F3NS2. The highest BCUT2D eigenvalue weighted by molar-refractivity contribution is 7.14. The molecule has 2 heterocycles. The molecule has 0 aromatic carbocycles. The molecule has 0 aliphatic carbocycles. The minimum atomic E-state index is -4.11. The first-order valence-corrected chi connectivity index (χ1v) is 7.61. The van der Waals surface area contributed by atoms with Gasteiger partial charge in [-0.05, 0) is 29.8 Å². The smallest absolute Gasteiger partial charge is 0.309 e. The Kier molecular flexibility index (Phi) is 4.65. The van der Waals surface area contributed by atoms with Gasteiger partial charge in [0.2, 0.25) is 0 Å². The van der Waals surface area contributed by atoms with E-state index >= 15 is 0 Å². The van der Waals surface area contributed by atoms with Crippen LogP contribution in [0.25, 0.3) is 10.4 Å². The Labute approximate surface area is 118 Å². The van der Waals surface area contributed by atoms with E-state index in [-0.39, 0.29) is 0 Å². The Bertz CT molecular complexity index is 502. The maximum atomic E-state index is 12.2. The monoisotopic (exact) mass is 305 g/mol. The van der Waals surface area contributed by atoms with Crippen LogP contribution < -0.4 is 5.32 Å². The molecule has 0 radical (unpaired) electrons. The number of thiophene rings is 2. The van der Waals surface area contributed by atoms with Crippen molar-refractivity contribution in [2.24, 2.45) is 0 Å². The highest BCUT2D eigenvalue weighted by Crippen LogP contribution is 2.29. The van der Waals surface area contributed by atoms with E-state index in [1.54, 1.807) is 29.6 Å². The van der Waals surface area contributed by atoms with E-state index < -0.39 is 18.6 Å². The molecule has 19 heavy (non-hydrogen) atoms. The van der Waals surface area contributed by atoms with Crippen molar-refractivity contribution in [1.82, 2.24) is 5.32 Å². The van der Waals surface area contributed by atoms with Crippen molar-refractivity contribution in [2.75, 3.05) is 0 Å². The lowest BCUT2D eigenvalue weighted by Crippen LogP contribution is -2.30. The van der Waals surface area contributed by atoms with Gasteiger partial charge in [-0.3, -0.25) is 0 Å². The molecule has 1 atom stereocenters. The summed E-state index contributed by atoms with van der Waals surface area (Å²) >= 11 is 3.23. The first kappa shape index (κ1) is 14.6. The second-order valence-corrected chi connectivity index (χ2v) is 6.32. The van der Waals surface area contributed by atoms with Crippen molar-refractivity contribution in [3.8, 4) is 10.4 Å². The third-order valence-corrected chi connectivity index (χ3v) is 4.48. The largest absolute Gasteiger partial charge is 0.390 e. The number of nitrogens with one attached hydrogen (secondary N) is 1. The van der Waals surface area contributed by atoms with Gasteiger partial charge in [0.15, 0.2) is 0 Å². The van der Waals surface area contributed by atoms with Crippen LogP contribution in [-0.4, -0.2) is 12.2 Å². The van der Waals surface area contributed by atoms with Crippen LogP contribution in [0.1, 0.15) is 18.2 Å². The van der Waals surface area contributed by atoms with E-state index in [4.69, 9.17) is 0 Å². The number of hydrogen-bond acceptors (Lipinski definition) is 3. The summed E-state index contributed by atoms with van der Waals surface area (Å²) in [6.45, 7) is 2.04. The second-order valence-electron chi connectivity index (χ2n) is 4.38. The van der Waals surface area contributed by atoms with Crippen molar-refractivity contribution in [2.45, 2.75) is 32.1 Å². The van der Waals surface area contributed by atoms with Crippen LogP contribution in [0, 0.1) is 0 Å². The number of alkyl halides is 3. The zero-order chi connectivity index (χ0) is 13.9. The first-order valence-electron chi connectivity index (χ1n) is 5.85. The summed E-state index contributed by atoms with van der Waals surface area (Å²) in [6, 6.07) is 5.49. The van der Waals surface area contributed by atoms with Gasteiger partial charge in [-0.1, -0.05) is 6.07 Å². The van der Waals surface area contributed by atoms with E-state index in [1.807, 2.05) is 29.0 Å². The van der Waals surface area contributed by atoms with E-state index in [0.717, 1.165) is 10.4 Å². The van der Waals surface area contributed by atoms with E-state index in [9.17, 15) is 13.2 Å². The van der Waals surface area contributed by atoms with Gasteiger partial charge in [0.1, 0.15) is 0 Å². The zero-order valence-corrected chi connectivity index (χ0v) is 12.0. The van der Waals surface area contributed by atoms with E-state index in [0.29, 0.717) is 6.54 Å². The van der Waals surface area contributed by atoms with Gasteiger partial charge >= 0.3 is 6.18 Å². The van der Waals surface area contributed by atoms with Gasteiger partial charge in [-0.15, -0.1) is 22.7 Å². The molecule has 104 valence electrons. The van der Waals surface area contributed by atoms with Crippen LogP contribution in [0.15, 0.2) is 29.0 Å². The van der Waals surface area contributed by atoms with Gasteiger partial charge in [0.25, 0.3) is 0 Å². The Morgan fingerprint density at radius 3 is 2.74 bits per heavy atom. The van der Waals surface area contributed by atoms with E-state index in [2.05, 4.69) is 5.32 Å². The van der Waals surface area contributed by atoms with Crippen LogP contribution in [0.2, 0.25) is 0 Å². The Balaban J connectivity index is 1.87. The fraction of sp³-hybridized carbons (Fsp3) is 0.385. The molecule has 1 nitrogen and oxygen atoms in total. The summed E-state index contributed by atoms with van der Waals surface area (Å²) < 4.78 is 36.6. The highest BCUT2D eigenvalue weighted by Gasteiger charge is 2.29. The SMILES string of the molecule is CC(CC(F)(F)F)NCc1cc(-c2cccs2)cs1. The third kappa shape index (κ3) is 4.63. The molecular weight excluding hydrogens is 291 g/mol. The van der Waals surface area contributed by atoms with Gasteiger partial charge in [-0.25, -0.2) is 0 Å². The number of rotatable bonds is 5. The lowest BCUT2D eigenvalue weighted by atomic mass is 10.2. The molecule has 0 aliphatic rings. The molecule has 0 aliphatic heterocycles. The van der Waals surface area contributed by atoms with Crippen molar-refractivity contribution in [1.29, 1.82) is 0 Å². The lowest BCUT2D eigenvalue weighted by Gasteiger charge is -2.14. The standard InChI is InChI=1S/C13H14F3NS2/c1-9(6-13(14,15)16)17-7-11-5-10(8-19-11)12-3-2-4-18-12/h2-5,8-9,17H,6-7H2,1H3. The van der Waals surface area contributed by atoms with Gasteiger partial charge in [-0.2, -0.15) is 13.2 Å². The lowest BCUT2D eigenvalue weighted by molar-refractivity contribution is -0.139. The molecule has 0 amide bonds. The van der Waals surface area contributed by atoms with Crippen molar-refractivity contribution < 1.29 is 13.2 Å². The molecule has 2 rings (SSSR count). The summed E-state index contributed by atoms with van der Waals surface area (Å²) in [7, 11) is 0. The van der Waals surface area contributed by atoms with Crippen LogP contribution in [0.5, 0.6) is 0 Å². The van der Waals surface area contributed by atoms with Gasteiger partial charge in [0.05, 0.1) is 6.42 Å². The predicted octanol–water partition coefficient (Wildman–Crippen LogP) is 4.91. The average molecular weight is 305 g/mol. The zero-order valence-electron chi connectivity index (χ0n) is 10.3. The molecule has 0 bridgehead atoms. The molecule has 0 saturated heterocycles. The Hall–Kier alpha value is -0.850. The highest BCUT2D eigenvalue weighted by atomic mass is 32.1. The molecule has 2 aromatic heterocycles. The van der Waals surface area contributed by atoms with Crippen molar-refractivity contribution >= 4 is 22.7 Å². The normalized spacial score (nSPS) is 13.7. The maximum absolute atomic E-state index is 12.2. The number of halogens is 3. The molecule has 1 N–H and O–H groups in total. The molecule has 0 fully saturated rings. The second kappa shape index (κ2) is 6.07. The quantitative estimate of drug-likeness (QED) is 0.828. The van der Waals surface area contributed by atoms with Crippen LogP contribution >= 0.6 is 22.7 Å². The molecule has 0 saturated carbocycles. The fourth-order valence-corrected chi connectivity index (χ4v) is 3.36. The minimum absolute atomic E-state index is 0.479. The number of hydrogen-bond donors (Lipinski definition) is 1. The Morgan fingerprint density at radius 1 is 1.32 bits per heavy atom. The maximum Gasteiger partial charge on any atom is 0.390 e. The summed E-state index contributed by atoms with van der Waals surface area (Å²) in [4.78, 5) is 2.24. The van der Waals surface area contributed by atoms with Crippen molar-refractivity contribution in [3.05, 3.63) is 33.8 Å². The Morgan fingerprint density at radius 2 is 2.11 bits per heavy atom. The van der Waals surface area contributed by atoms with Crippen molar-refractivity contribution in [3.63, 3.8) is 0 Å². The molecule has 0 spiro atoms. The van der Waals surface area contributed by atoms with Crippen LogP contribution in [-0.2, 0) is 6.54 Å². The summed E-state index contributed by atoms with van der Waals surface area (Å²) in [5.74, 6) is 0. The molecule has 6 heteroatoms. The minimum Gasteiger partial charge on any atom is -0.309 e. The fourth-order valence-electron chi connectivity index (χ4n) is 1.74. The van der Waals surface area contributed by atoms with E-state index in [1.165, 1.54) is 4.88 Å². The van der Waals surface area contributed by atoms with Crippen LogP contribution in [0.4, 0.5) is 13.2 Å². The summed E-state index contributed by atoms with van der Waals surface area (Å²) in [6.07, 6.45) is -4.90. The third-order valence-electron chi connectivity index (χ3n) is 2.62. The summed E-state index contributed by atoms with van der Waals surface area (Å²) in [5, 5.41) is 6.96. The predicted molar refractivity (Wildman–Crippen MR) is 74.6 cm³/mol. The summed E-state index contributed by atoms with van der Waals surface area (Å²) in [5.41, 5.74) is 1.14. The topological polar surface area (TPSA) is 12.0 Å². The van der Waals surface area contributed by atoms with Gasteiger partial charge < -0.3 is 5.32 Å². The average Bonchev–Trinajstić information content (AvgIpc) is 2.95. The van der Waals surface area contributed by atoms with Crippen LogP contribution in [0.3, 0.4) is 0 Å². The molecule has 2 aromatic rings. The van der Waals surface area contributed by atoms with Gasteiger partial charge in [0, 0.05) is 27.9 Å². The molecule has 1 unspecified atom stereocenters.